The van der Waals surface area contributed by atoms with Gasteiger partial charge in [-0.2, -0.15) is 0 Å². The first-order valence-electron chi connectivity index (χ1n) is 11.2. The SMILES string of the molecule is O=P(C=C(Cl)c1ccccc1)(C=C(Cl)c1ccccc1)Nc1nc(-c2cccc3ccccc23)cs1. The van der Waals surface area contributed by atoms with Gasteiger partial charge in [-0.25, -0.2) is 4.98 Å². The molecular weight excluding hydrogens is 526 g/mol. The fraction of sp³-hybridized carbons (Fsp3) is 0. The Morgan fingerprint density at radius 3 is 1.94 bits per heavy atom. The maximum Gasteiger partial charge on any atom is 0.217 e. The van der Waals surface area contributed by atoms with Crippen molar-refractivity contribution < 1.29 is 4.57 Å². The molecule has 0 aliphatic heterocycles. The molecule has 4 aromatic carbocycles. The van der Waals surface area contributed by atoms with Crippen molar-refractivity contribution in [3.8, 4) is 11.3 Å². The molecule has 5 rings (SSSR count). The predicted molar refractivity (Wildman–Crippen MR) is 157 cm³/mol. The van der Waals surface area contributed by atoms with Crippen molar-refractivity contribution in [2.75, 3.05) is 5.09 Å². The highest BCUT2D eigenvalue weighted by Crippen LogP contribution is 2.54. The molecule has 0 bridgehead atoms. The lowest BCUT2D eigenvalue weighted by molar-refractivity contribution is 0.589. The van der Waals surface area contributed by atoms with Crippen LogP contribution in [0.25, 0.3) is 32.1 Å². The van der Waals surface area contributed by atoms with E-state index in [-0.39, 0.29) is 0 Å². The summed E-state index contributed by atoms with van der Waals surface area (Å²) in [5.74, 6) is 3.07. The third kappa shape index (κ3) is 5.64. The molecule has 178 valence electrons. The first-order chi connectivity index (χ1) is 17.5. The summed E-state index contributed by atoms with van der Waals surface area (Å²) in [5.41, 5.74) is 3.35. The fourth-order valence-electron chi connectivity index (χ4n) is 3.83. The molecule has 1 heterocycles. The Morgan fingerprint density at radius 2 is 1.31 bits per heavy atom. The number of aromatic nitrogens is 1. The molecule has 0 fully saturated rings. The second kappa shape index (κ2) is 10.9. The number of halogens is 2. The normalized spacial score (nSPS) is 13.9. The molecule has 0 radical (unpaired) electrons. The number of nitrogens with one attached hydrogen (secondary N) is 1. The molecule has 36 heavy (non-hydrogen) atoms. The van der Waals surface area contributed by atoms with Crippen LogP contribution in [0.2, 0.25) is 0 Å². The lowest BCUT2D eigenvalue weighted by Crippen LogP contribution is -1.94. The Kier molecular flexibility index (Phi) is 7.41. The van der Waals surface area contributed by atoms with E-state index in [0.717, 1.165) is 33.2 Å². The zero-order chi connectivity index (χ0) is 25.0. The summed E-state index contributed by atoms with van der Waals surface area (Å²) in [6.07, 6.45) is 0. The molecule has 3 nitrogen and oxygen atoms in total. The van der Waals surface area contributed by atoms with Gasteiger partial charge in [0.15, 0.2) is 5.13 Å². The smallest absolute Gasteiger partial charge is 0.217 e. The summed E-state index contributed by atoms with van der Waals surface area (Å²) >= 11 is 14.6. The van der Waals surface area contributed by atoms with Gasteiger partial charge in [-0.3, -0.25) is 4.57 Å². The molecule has 5 aromatic rings. The van der Waals surface area contributed by atoms with E-state index in [1.165, 1.54) is 23.0 Å². The zero-order valence-corrected chi connectivity index (χ0v) is 22.2. The Morgan fingerprint density at radius 1 is 0.750 bits per heavy atom. The topological polar surface area (TPSA) is 42.0 Å². The molecule has 0 aliphatic carbocycles. The minimum Gasteiger partial charge on any atom is -0.306 e. The van der Waals surface area contributed by atoms with Gasteiger partial charge in [-0.05, 0) is 21.9 Å². The highest BCUT2D eigenvalue weighted by Gasteiger charge is 2.21. The third-order valence-electron chi connectivity index (χ3n) is 5.55. The number of fused-ring (bicyclic) bond motifs is 1. The summed E-state index contributed by atoms with van der Waals surface area (Å²) in [4.78, 5) is 4.77. The molecule has 0 saturated heterocycles. The van der Waals surface area contributed by atoms with Crippen molar-refractivity contribution >= 4 is 67.8 Å². The number of hydrogen-bond donors (Lipinski definition) is 1. The van der Waals surface area contributed by atoms with E-state index in [1.807, 2.05) is 90.3 Å². The van der Waals surface area contributed by atoms with Gasteiger partial charge in [0.1, 0.15) is 0 Å². The molecule has 0 aliphatic rings. The summed E-state index contributed by atoms with van der Waals surface area (Å²) < 4.78 is 14.2. The summed E-state index contributed by atoms with van der Waals surface area (Å²) in [6.45, 7) is 0. The van der Waals surface area contributed by atoms with Crippen LogP contribution in [-0.2, 0) is 4.57 Å². The number of benzene rings is 4. The molecule has 0 saturated carbocycles. The van der Waals surface area contributed by atoms with Crippen LogP contribution >= 0.6 is 41.8 Å². The van der Waals surface area contributed by atoms with Crippen LogP contribution in [0.4, 0.5) is 5.13 Å². The van der Waals surface area contributed by atoms with Crippen LogP contribution in [0, 0.1) is 0 Å². The van der Waals surface area contributed by atoms with Crippen molar-refractivity contribution in [3.63, 3.8) is 0 Å². The van der Waals surface area contributed by atoms with E-state index in [4.69, 9.17) is 28.2 Å². The molecule has 7 heteroatoms. The van der Waals surface area contributed by atoms with Gasteiger partial charge in [0.2, 0.25) is 7.29 Å². The van der Waals surface area contributed by atoms with E-state index in [1.54, 1.807) is 0 Å². The lowest BCUT2D eigenvalue weighted by atomic mass is 10.0. The Bertz CT molecular complexity index is 1550. The Hall–Kier alpha value is -3.14. The second-order valence-electron chi connectivity index (χ2n) is 8.07. The van der Waals surface area contributed by atoms with Gasteiger partial charge in [0, 0.05) is 22.6 Å². The van der Waals surface area contributed by atoms with Crippen molar-refractivity contribution in [2.24, 2.45) is 0 Å². The average Bonchev–Trinajstić information content (AvgIpc) is 3.36. The minimum absolute atomic E-state index is 0.367. The number of hydrogen-bond acceptors (Lipinski definition) is 3. The first-order valence-corrected chi connectivity index (χ1v) is 14.7. The van der Waals surface area contributed by atoms with Gasteiger partial charge >= 0.3 is 0 Å². The summed E-state index contributed by atoms with van der Waals surface area (Å²) in [5, 5.41) is 8.59. The van der Waals surface area contributed by atoms with Crippen LogP contribution < -0.4 is 5.09 Å². The van der Waals surface area contributed by atoms with E-state index in [9.17, 15) is 4.57 Å². The van der Waals surface area contributed by atoms with E-state index in [2.05, 4.69) is 23.3 Å². The number of nitrogens with zero attached hydrogens (tertiary/aromatic N) is 1. The largest absolute Gasteiger partial charge is 0.306 e. The monoisotopic (exact) mass is 546 g/mol. The Labute approximate surface area is 224 Å². The van der Waals surface area contributed by atoms with Crippen molar-refractivity contribution in [3.05, 3.63) is 131 Å². The van der Waals surface area contributed by atoms with Crippen molar-refractivity contribution in [1.82, 2.24) is 4.98 Å². The first kappa shape index (κ1) is 24.5. The average molecular weight is 547 g/mol. The van der Waals surface area contributed by atoms with Gasteiger partial charge in [-0.15, -0.1) is 11.3 Å². The van der Waals surface area contributed by atoms with Crippen molar-refractivity contribution in [1.29, 1.82) is 0 Å². The van der Waals surface area contributed by atoms with Crippen LogP contribution in [-0.4, -0.2) is 4.98 Å². The van der Waals surface area contributed by atoms with Crippen LogP contribution in [0.15, 0.2) is 120 Å². The quantitative estimate of drug-likeness (QED) is 0.206. The molecule has 0 spiro atoms. The summed E-state index contributed by atoms with van der Waals surface area (Å²) in [7, 11) is -3.40. The molecule has 1 aromatic heterocycles. The lowest BCUT2D eigenvalue weighted by Gasteiger charge is -2.14. The Balaban J connectivity index is 1.53. The zero-order valence-electron chi connectivity index (χ0n) is 19.0. The molecule has 0 amide bonds. The maximum atomic E-state index is 14.2. The van der Waals surface area contributed by atoms with Gasteiger partial charge < -0.3 is 5.09 Å². The van der Waals surface area contributed by atoms with Gasteiger partial charge in [0.25, 0.3) is 0 Å². The van der Waals surface area contributed by atoms with E-state index < -0.39 is 7.29 Å². The van der Waals surface area contributed by atoms with Crippen LogP contribution in [0.5, 0.6) is 0 Å². The van der Waals surface area contributed by atoms with Gasteiger partial charge in [0.05, 0.1) is 15.8 Å². The minimum atomic E-state index is -3.40. The molecular formula is C29H21Cl2N2OPS. The standard InChI is InChI=1S/C29H21Cl2N2OPS/c30-26(22-11-3-1-4-12-22)18-35(34,19-27(31)23-13-5-2-6-14-23)33-29-32-28(20-36-29)25-17-9-15-21-10-7-8-16-24(21)25/h1-20H,(H,32,33,34). The van der Waals surface area contributed by atoms with Crippen LogP contribution in [0.3, 0.4) is 0 Å². The number of rotatable bonds is 7. The highest BCUT2D eigenvalue weighted by molar-refractivity contribution is 7.72. The molecule has 0 atom stereocenters. The van der Waals surface area contributed by atoms with E-state index in [0.29, 0.717) is 15.2 Å². The van der Waals surface area contributed by atoms with Crippen molar-refractivity contribution in [2.45, 2.75) is 0 Å². The van der Waals surface area contributed by atoms with Gasteiger partial charge in [-0.1, -0.05) is 126 Å². The third-order valence-corrected chi connectivity index (χ3v) is 9.26. The second-order valence-corrected chi connectivity index (χ2v) is 11.9. The van der Waals surface area contributed by atoms with E-state index >= 15 is 0 Å². The summed E-state index contributed by atoms with van der Waals surface area (Å²) in [6, 6.07) is 33.1. The number of thiazole rings is 1. The molecule has 1 N–H and O–H groups in total. The highest BCUT2D eigenvalue weighted by atomic mass is 35.5. The fourth-order valence-corrected chi connectivity index (χ4v) is 7.67. The predicted octanol–water partition coefficient (Wildman–Crippen LogP) is 10.1. The molecule has 0 unspecified atom stereocenters. The maximum absolute atomic E-state index is 14.2. The van der Waals surface area contributed by atoms with Crippen LogP contribution in [0.1, 0.15) is 11.1 Å². The number of anilines is 1.